The molecule has 1 heterocycles. The molecule has 1 aromatic rings. The minimum absolute atomic E-state index is 0.113. The number of hydrogen-bond donors (Lipinski definition) is 3. The summed E-state index contributed by atoms with van der Waals surface area (Å²) in [6.07, 6.45) is 0.818. The number of para-hydroxylation sites is 2. The highest BCUT2D eigenvalue weighted by molar-refractivity contribution is 7.80. The van der Waals surface area contributed by atoms with Gasteiger partial charge in [0.2, 0.25) is 0 Å². The van der Waals surface area contributed by atoms with E-state index in [0.717, 1.165) is 0 Å². The van der Waals surface area contributed by atoms with Crippen molar-refractivity contribution in [2.24, 2.45) is 0 Å². The molecule has 0 atom stereocenters. The zero-order valence-corrected chi connectivity index (χ0v) is 15.1. The second-order valence-electron chi connectivity index (χ2n) is 5.35. The van der Waals surface area contributed by atoms with Crippen molar-refractivity contribution in [3.8, 4) is 5.75 Å². The van der Waals surface area contributed by atoms with Crippen LogP contribution in [0.1, 0.15) is 12.8 Å². The van der Waals surface area contributed by atoms with E-state index in [9.17, 15) is 14.4 Å². The van der Waals surface area contributed by atoms with E-state index in [1.54, 1.807) is 24.3 Å². The smallest absolute Gasteiger partial charge is 0.305 e. The minimum Gasteiger partial charge on any atom is -0.482 e. The summed E-state index contributed by atoms with van der Waals surface area (Å²) in [5.74, 6) is -0.485. The Balaban J connectivity index is 1.74. The maximum absolute atomic E-state index is 12.1. The van der Waals surface area contributed by atoms with E-state index in [4.69, 9.17) is 17.0 Å². The summed E-state index contributed by atoms with van der Waals surface area (Å²) < 4.78 is 9.85. The first kappa shape index (κ1) is 19.4. The van der Waals surface area contributed by atoms with Gasteiger partial charge in [0.25, 0.3) is 11.8 Å². The molecule has 1 aromatic carbocycles. The Hall–Kier alpha value is -2.88. The van der Waals surface area contributed by atoms with Crippen molar-refractivity contribution in [2.45, 2.75) is 12.8 Å². The number of amides is 2. The average Bonchev–Trinajstić information content (AvgIpc) is 2.65. The first-order chi connectivity index (χ1) is 12.5. The lowest BCUT2D eigenvalue weighted by atomic mass is 10.2. The van der Waals surface area contributed by atoms with Crippen molar-refractivity contribution >= 4 is 40.8 Å². The summed E-state index contributed by atoms with van der Waals surface area (Å²) in [7, 11) is 1.33. The monoisotopic (exact) mass is 380 g/mol. The number of hydrazine groups is 1. The number of hydrogen-bond acceptors (Lipinski definition) is 6. The normalized spacial score (nSPS) is 12.5. The summed E-state index contributed by atoms with van der Waals surface area (Å²) in [4.78, 5) is 36.4. The van der Waals surface area contributed by atoms with Crippen molar-refractivity contribution in [3.05, 3.63) is 24.3 Å². The number of esters is 1. The molecule has 2 rings (SSSR count). The SMILES string of the molecule is COC(=O)CCCNC(=S)NNC(=O)CN1C(=O)COc2ccccc21. The summed E-state index contributed by atoms with van der Waals surface area (Å²) in [6, 6.07) is 7.00. The van der Waals surface area contributed by atoms with Crippen molar-refractivity contribution in [3.63, 3.8) is 0 Å². The molecule has 3 N–H and O–H groups in total. The highest BCUT2D eigenvalue weighted by Crippen LogP contribution is 2.30. The molecular weight excluding hydrogens is 360 g/mol. The van der Waals surface area contributed by atoms with Crippen LogP contribution in [0.2, 0.25) is 0 Å². The molecule has 0 unspecified atom stereocenters. The number of carbonyl (C=O) groups is 3. The van der Waals surface area contributed by atoms with Crippen LogP contribution in [0, 0.1) is 0 Å². The molecule has 0 radical (unpaired) electrons. The lowest BCUT2D eigenvalue weighted by molar-refractivity contribution is -0.140. The fraction of sp³-hybridized carbons (Fsp3) is 0.375. The average molecular weight is 380 g/mol. The van der Waals surface area contributed by atoms with Crippen LogP contribution >= 0.6 is 12.2 Å². The first-order valence-corrected chi connectivity index (χ1v) is 8.33. The number of fused-ring (bicyclic) bond motifs is 1. The van der Waals surface area contributed by atoms with Crippen LogP contribution in [0.3, 0.4) is 0 Å². The topological polar surface area (TPSA) is 109 Å². The van der Waals surface area contributed by atoms with Gasteiger partial charge in [-0.1, -0.05) is 12.1 Å². The molecule has 0 fully saturated rings. The Bertz CT molecular complexity index is 697. The highest BCUT2D eigenvalue weighted by Gasteiger charge is 2.26. The van der Waals surface area contributed by atoms with E-state index < -0.39 is 5.91 Å². The Morgan fingerprint density at radius 3 is 2.85 bits per heavy atom. The van der Waals surface area contributed by atoms with Gasteiger partial charge in [0.1, 0.15) is 12.3 Å². The van der Waals surface area contributed by atoms with Crippen LogP contribution in [0.5, 0.6) is 5.75 Å². The molecule has 9 nitrogen and oxygen atoms in total. The molecule has 0 aromatic heterocycles. The molecule has 140 valence electrons. The number of benzene rings is 1. The largest absolute Gasteiger partial charge is 0.482 e. The molecule has 1 aliphatic rings. The van der Waals surface area contributed by atoms with Gasteiger partial charge < -0.3 is 14.8 Å². The second-order valence-corrected chi connectivity index (χ2v) is 5.75. The summed E-state index contributed by atoms with van der Waals surface area (Å²) >= 11 is 5.02. The molecule has 0 saturated heterocycles. The van der Waals surface area contributed by atoms with Gasteiger partial charge in [-0.3, -0.25) is 30.1 Å². The number of carbonyl (C=O) groups excluding carboxylic acids is 3. The molecule has 2 amide bonds. The summed E-state index contributed by atoms with van der Waals surface area (Å²) in [5.41, 5.74) is 5.52. The first-order valence-electron chi connectivity index (χ1n) is 7.93. The summed E-state index contributed by atoms with van der Waals surface area (Å²) in [5, 5.41) is 3.05. The molecule has 0 bridgehead atoms. The molecule has 0 aliphatic carbocycles. The molecule has 0 saturated carbocycles. The van der Waals surface area contributed by atoms with E-state index in [1.807, 2.05) is 0 Å². The van der Waals surface area contributed by atoms with Crippen molar-refractivity contribution in [1.29, 1.82) is 0 Å². The van der Waals surface area contributed by atoms with Crippen LogP contribution in [0.4, 0.5) is 5.69 Å². The highest BCUT2D eigenvalue weighted by atomic mass is 32.1. The van der Waals surface area contributed by atoms with Crippen LogP contribution in [0.15, 0.2) is 24.3 Å². The van der Waals surface area contributed by atoms with Gasteiger partial charge in [0, 0.05) is 13.0 Å². The molecule has 1 aliphatic heterocycles. The van der Waals surface area contributed by atoms with Crippen molar-refractivity contribution < 1.29 is 23.9 Å². The fourth-order valence-corrected chi connectivity index (χ4v) is 2.37. The number of ether oxygens (including phenoxy) is 2. The van der Waals surface area contributed by atoms with Gasteiger partial charge in [-0.15, -0.1) is 0 Å². The molecular formula is C16H20N4O5S. The van der Waals surface area contributed by atoms with Crippen LogP contribution < -0.4 is 25.8 Å². The summed E-state index contributed by atoms with van der Waals surface area (Å²) in [6.45, 7) is 0.168. The van der Waals surface area contributed by atoms with Gasteiger partial charge in [0.15, 0.2) is 11.7 Å². The molecule has 0 spiro atoms. The van der Waals surface area contributed by atoms with Gasteiger partial charge in [0.05, 0.1) is 12.8 Å². The Labute approximate surface area is 156 Å². The maximum Gasteiger partial charge on any atom is 0.305 e. The number of nitrogens with one attached hydrogen (secondary N) is 3. The zero-order chi connectivity index (χ0) is 18.9. The van der Waals surface area contributed by atoms with Gasteiger partial charge >= 0.3 is 5.97 Å². The maximum atomic E-state index is 12.1. The number of thiocarbonyl (C=S) groups is 1. The van der Waals surface area contributed by atoms with Crippen molar-refractivity contribution in [2.75, 3.05) is 31.7 Å². The van der Waals surface area contributed by atoms with Crippen LogP contribution in [-0.4, -0.2) is 49.7 Å². The quantitative estimate of drug-likeness (QED) is 0.271. The molecule has 26 heavy (non-hydrogen) atoms. The van der Waals surface area contributed by atoms with E-state index in [-0.39, 0.29) is 36.6 Å². The number of methoxy groups -OCH3 is 1. The Morgan fingerprint density at radius 1 is 1.31 bits per heavy atom. The van der Waals surface area contributed by atoms with Gasteiger partial charge in [-0.25, -0.2) is 0 Å². The van der Waals surface area contributed by atoms with E-state index >= 15 is 0 Å². The number of nitrogens with zero attached hydrogens (tertiary/aromatic N) is 1. The van der Waals surface area contributed by atoms with Crippen LogP contribution in [-0.2, 0) is 19.1 Å². The second kappa shape index (κ2) is 9.56. The standard InChI is InChI=1S/C16H20N4O5S/c1-24-15(23)7-4-8-17-16(26)19-18-13(21)9-20-11-5-2-3-6-12(11)25-10-14(20)22/h2-3,5-6H,4,7-10H2,1H3,(H,18,21)(H2,17,19,26). The predicted molar refractivity (Wildman–Crippen MR) is 97.4 cm³/mol. The predicted octanol–water partition coefficient (Wildman–Crippen LogP) is -0.139. The Kier molecular flexibility index (Phi) is 7.15. The number of rotatable bonds is 6. The van der Waals surface area contributed by atoms with E-state index in [1.165, 1.54) is 12.0 Å². The van der Waals surface area contributed by atoms with Gasteiger partial charge in [-0.2, -0.15) is 0 Å². The van der Waals surface area contributed by atoms with Gasteiger partial charge in [-0.05, 0) is 30.8 Å². The third-order valence-electron chi connectivity index (χ3n) is 3.50. The molecule has 10 heteroatoms. The van der Waals surface area contributed by atoms with Crippen molar-refractivity contribution in [1.82, 2.24) is 16.2 Å². The van der Waals surface area contributed by atoms with E-state index in [2.05, 4.69) is 20.9 Å². The lowest BCUT2D eigenvalue weighted by Gasteiger charge is -2.28. The van der Waals surface area contributed by atoms with E-state index in [0.29, 0.717) is 24.4 Å². The Morgan fingerprint density at radius 2 is 2.08 bits per heavy atom. The minimum atomic E-state index is -0.436. The third-order valence-corrected chi connectivity index (χ3v) is 3.74. The lowest BCUT2D eigenvalue weighted by Crippen LogP contribution is -2.51. The zero-order valence-electron chi connectivity index (χ0n) is 14.2. The number of anilines is 1. The fourth-order valence-electron chi connectivity index (χ4n) is 2.22. The third kappa shape index (κ3) is 5.59. The van der Waals surface area contributed by atoms with Crippen LogP contribution in [0.25, 0.3) is 0 Å².